The van der Waals surface area contributed by atoms with Crippen molar-refractivity contribution in [2.75, 3.05) is 0 Å². The first-order valence-corrected chi connectivity index (χ1v) is 5.76. The van der Waals surface area contributed by atoms with E-state index in [9.17, 15) is 14.7 Å². The highest BCUT2D eigenvalue weighted by molar-refractivity contribution is 5.99. The average molecular weight is 240 g/mol. The molecule has 0 fully saturated rings. The van der Waals surface area contributed by atoms with Gasteiger partial charge in [0, 0.05) is 5.57 Å². The Balaban J connectivity index is 3.00. The lowest BCUT2D eigenvalue weighted by molar-refractivity contribution is -0.151. The Kier molecular flexibility index (Phi) is 3.77. The minimum atomic E-state index is -0.716. The second-order valence-electron chi connectivity index (χ2n) is 5.51. The van der Waals surface area contributed by atoms with Crippen molar-refractivity contribution in [1.82, 2.24) is 0 Å². The van der Waals surface area contributed by atoms with Crippen molar-refractivity contribution in [1.29, 1.82) is 0 Å². The van der Waals surface area contributed by atoms with E-state index in [0.29, 0.717) is 11.1 Å². The van der Waals surface area contributed by atoms with E-state index in [2.05, 4.69) is 0 Å². The van der Waals surface area contributed by atoms with Gasteiger partial charge in [-0.25, -0.2) is 4.79 Å². The topological polar surface area (TPSA) is 63.6 Å². The van der Waals surface area contributed by atoms with Crippen LogP contribution in [0, 0.1) is 5.92 Å². The van der Waals surface area contributed by atoms with Gasteiger partial charge >= 0.3 is 5.97 Å². The van der Waals surface area contributed by atoms with Gasteiger partial charge in [0.1, 0.15) is 11.4 Å². The molecule has 0 aromatic carbocycles. The van der Waals surface area contributed by atoms with Gasteiger partial charge in [-0.05, 0) is 46.6 Å². The van der Waals surface area contributed by atoms with Crippen molar-refractivity contribution in [3.63, 3.8) is 0 Å². The largest absolute Gasteiger partial charge is 0.457 e. The number of hydrogen-bond acceptors (Lipinski definition) is 4. The predicted molar refractivity (Wildman–Crippen MR) is 63.3 cm³/mol. The van der Waals surface area contributed by atoms with Crippen LogP contribution in [0.5, 0.6) is 0 Å². The molecule has 1 rings (SSSR count). The van der Waals surface area contributed by atoms with Crippen LogP contribution in [0.15, 0.2) is 11.1 Å². The Morgan fingerprint density at radius 3 is 2.29 bits per heavy atom. The van der Waals surface area contributed by atoms with Crippen LogP contribution in [0.4, 0.5) is 0 Å². The fourth-order valence-corrected chi connectivity index (χ4v) is 1.98. The maximum atomic E-state index is 12.0. The molecule has 4 nitrogen and oxygen atoms in total. The SMILES string of the molecule is CC(=O)[C@H]1C[C@@H](O)C(C)=C1C(=O)OC(C)(C)C. The van der Waals surface area contributed by atoms with E-state index in [1.807, 2.05) is 0 Å². The van der Waals surface area contributed by atoms with E-state index in [1.54, 1.807) is 27.7 Å². The molecule has 0 saturated carbocycles. The number of carbonyl (C=O) groups is 2. The summed E-state index contributed by atoms with van der Waals surface area (Å²) in [6, 6.07) is 0. The molecule has 0 unspecified atom stereocenters. The van der Waals surface area contributed by atoms with E-state index >= 15 is 0 Å². The molecule has 96 valence electrons. The van der Waals surface area contributed by atoms with Gasteiger partial charge in [-0.2, -0.15) is 0 Å². The van der Waals surface area contributed by atoms with E-state index in [1.165, 1.54) is 6.92 Å². The van der Waals surface area contributed by atoms with Gasteiger partial charge in [0.2, 0.25) is 0 Å². The molecule has 2 atom stereocenters. The van der Waals surface area contributed by atoms with Gasteiger partial charge in [-0.15, -0.1) is 0 Å². The van der Waals surface area contributed by atoms with Crippen LogP contribution < -0.4 is 0 Å². The van der Waals surface area contributed by atoms with Gasteiger partial charge < -0.3 is 9.84 Å². The molecule has 17 heavy (non-hydrogen) atoms. The standard InChI is InChI=1S/C13H20O4/c1-7-10(15)6-9(8(2)14)11(7)12(16)17-13(3,4)5/h9-10,15H,6H2,1-5H3/t9-,10-/m1/s1. The highest BCUT2D eigenvalue weighted by atomic mass is 16.6. The lowest BCUT2D eigenvalue weighted by Crippen LogP contribution is -2.28. The molecule has 0 amide bonds. The van der Waals surface area contributed by atoms with Crippen LogP contribution in [0.3, 0.4) is 0 Å². The first-order chi connectivity index (χ1) is 7.63. The van der Waals surface area contributed by atoms with Crippen molar-refractivity contribution in [3.8, 4) is 0 Å². The molecular formula is C13H20O4. The lowest BCUT2D eigenvalue weighted by atomic mass is 9.96. The van der Waals surface area contributed by atoms with Crippen LogP contribution in [-0.4, -0.2) is 28.6 Å². The number of esters is 1. The molecule has 4 heteroatoms. The normalized spacial score (nSPS) is 25.1. The van der Waals surface area contributed by atoms with Crippen LogP contribution >= 0.6 is 0 Å². The fraction of sp³-hybridized carbons (Fsp3) is 0.692. The molecule has 1 aliphatic carbocycles. The number of ketones is 1. The third-order valence-electron chi connectivity index (χ3n) is 2.84. The van der Waals surface area contributed by atoms with Gasteiger partial charge in [-0.3, -0.25) is 4.79 Å². The highest BCUT2D eigenvalue weighted by Gasteiger charge is 2.38. The maximum Gasteiger partial charge on any atom is 0.335 e. The van der Waals surface area contributed by atoms with Crippen LogP contribution in [0.25, 0.3) is 0 Å². The van der Waals surface area contributed by atoms with Crippen LogP contribution in [0.2, 0.25) is 0 Å². The zero-order chi connectivity index (χ0) is 13.4. The quantitative estimate of drug-likeness (QED) is 0.745. The summed E-state index contributed by atoms with van der Waals surface area (Å²) in [6.07, 6.45) is -0.429. The van der Waals surface area contributed by atoms with Gasteiger partial charge in [0.25, 0.3) is 0 Å². The van der Waals surface area contributed by atoms with E-state index in [0.717, 1.165) is 0 Å². The van der Waals surface area contributed by atoms with Crippen molar-refractivity contribution in [2.24, 2.45) is 5.92 Å². The second-order valence-corrected chi connectivity index (χ2v) is 5.51. The summed E-state index contributed by atoms with van der Waals surface area (Å²) in [5.41, 5.74) is 0.290. The Morgan fingerprint density at radius 1 is 1.35 bits per heavy atom. The third-order valence-corrected chi connectivity index (χ3v) is 2.84. The van der Waals surface area contributed by atoms with E-state index in [-0.39, 0.29) is 12.2 Å². The minimum absolute atomic E-state index is 0.109. The number of ether oxygens (including phenoxy) is 1. The molecular weight excluding hydrogens is 220 g/mol. The molecule has 0 spiro atoms. The first kappa shape index (κ1) is 13.9. The zero-order valence-electron chi connectivity index (χ0n) is 11.0. The van der Waals surface area contributed by atoms with Gasteiger partial charge in [-0.1, -0.05) is 0 Å². The Labute approximate surface area is 102 Å². The van der Waals surface area contributed by atoms with Gasteiger partial charge in [0.05, 0.1) is 12.0 Å². The molecule has 0 bridgehead atoms. The number of aliphatic hydroxyl groups excluding tert-OH is 1. The highest BCUT2D eigenvalue weighted by Crippen LogP contribution is 2.34. The summed E-state index contributed by atoms with van der Waals surface area (Å²) < 4.78 is 5.26. The average Bonchev–Trinajstić information content (AvgIpc) is 2.40. The Bertz CT molecular complexity index is 373. The number of Topliss-reactive ketones (excluding diaryl/α,β-unsaturated/α-hetero) is 1. The maximum absolute atomic E-state index is 12.0. The van der Waals surface area contributed by atoms with E-state index in [4.69, 9.17) is 4.74 Å². The Hall–Kier alpha value is -1.16. The first-order valence-electron chi connectivity index (χ1n) is 5.76. The monoisotopic (exact) mass is 240 g/mol. The van der Waals surface area contributed by atoms with Crippen molar-refractivity contribution < 1.29 is 19.4 Å². The zero-order valence-corrected chi connectivity index (χ0v) is 11.0. The van der Waals surface area contributed by atoms with Crippen molar-refractivity contribution in [3.05, 3.63) is 11.1 Å². The summed E-state index contributed by atoms with van der Waals surface area (Å²) in [6.45, 7) is 8.42. The predicted octanol–water partition coefficient (Wildman–Crippen LogP) is 1.61. The molecule has 0 heterocycles. The molecule has 0 aromatic rings. The smallest absolute Gasteiger partial charge is 0.335 e. The summed E-state index contributed by atoms with van der Waals surface area (Å²) in [5.74, 6) is -1.13. The molecule has 0 radical (unpaired) electrons. The summed E-state index contributed by atoms with van der Waals surface area (Å²) >= 11 is 0. The van der Waals surface area contributed by atoms with Crippen molar-refractivity contribution in [2.45, 2.75) is 52.7 Å². The third kappa shape index (κ3) is 3.16. The molecule has 0 aliphatic heterocycles. The van der Waals surface area contributed by atoms with Crippen LogP contribution in [-0.2, 0) is 14.3 Å². The number of aliphatic hydroxyl groups is 1. The molecule has 1 aliphatic rings. The van der Waals surface area contributed by atoms with Crippen LogP contribution in [0.1, 0.15) is 41.0 Å². The summed E-state index contributed by atoms with van der Waals surface area (Å²) in [4.78, 5) is 23.5. The summed E-state index contributed by atoms with van der Waals surface area (Å²) in [7, 11) is 0. The van der Waals surface area contributed by atoms with Crippen molar-refractivity contribution >= 4 is 11.8 Å². The second kappa shape index (κ2) is 4.61. The molecule has 0 aromatic heterocycles. The Morgan fingerprint density at radius 2 is 1.88 bits per heavy atom. The minimum Gasteiger partial charge on any atom is -0.457 e. The lowest BCUT2D eigenvalue weighted by Gasteiger charge is -2.21. The number of rotatable bonds is 2. The fourth-order valence-electron chi connectivity index (χ4n) is 1.98. The van der Waals surface area contributed by atoms with E-state index < -0.39 is 23.6 Å². The molecule has 1 N–H and O–H groups in total. The number of hydrogen-bond donors (Lipinski definition) is 1. The van der Waals surface area contributed by atoms with Gasteiger partial charge in [0.15, 0.2) is 0 Å². The summed E-state index contributed by atoms with van der Waals surface area (Å²) in [5, 5.41) is 9.72. The molecule has 0 saturated heterocycles. The number of carbonyl (C=O) groups excluding carboxylic acids is 2.